The Balaban J connectivity index is 1.54. The third kappa shape index (κ3) is 13.5. The maximum Gasteiger partial charge on any atom is 0.418 e. The highest BCUT2D eigenvalue weighted by Gasteiger charge is 2.34. The van der Waals surface area contributed by atoms with Crippen molar-refractivity contribution in [2.75, 3.05) is 30.0 Å². The van der Waals surface area contributed by atoms with Crippen molar-refractivity contribution in [3.8, 4) is 11.8 Å². The van der Waals surface area contributed by atoms with Crippen LogP contribution in [0.2, 0.25) is 0 Å². The van der Waals surface area contributed by atoms with E-state index in [0.717, 1.165) is 58.8 Å². The molecular weight excluding hydrogens is 648 g/mol. The van der Waals surface area contributed by atoms with Gasteiger partial charge in [-0.25, -0.2) is 9.59 Å². The van der Waals surface area contributed by atoms with Gasteiger partial charge in [0.1, 0.15) is 0 Å². The Morgan fingerprint density at radius 1 is 0.723 bits per heavy atom. The van der Waals surface area contributed by atoms with Gasteiger partial charge in [0.2, 0.25) is 0 Å². The second-order valence-electron chi connectivity index (χ2n) is 9.87. The smallest absolute Gasteiger partial charge is 0.418 e. The standard InChI is InChI=1S/C36H34F3NO5S2/c1-3-33(41)44-21-5-7-23-46-29-16-11-26(12-17-29)9-10-27-13-20-32(31(25-27)36(37,38)39)40-35(43)28-14-18-30(19-15-28)47-24-8-6-22-45-34(42)4-2/h3-4,11-20,25H,1-2,5-8,21-24H2,(H,40,43). The van der Waals surface area contributed by atoms with Gasteiger partial charge in [-0.15, -0.1) is 23.5 Å². The second-order valence-corrected chi connectivity index (χ2v) is 12.2. The molecular formula is C36H34F3NO5S2. The maximum absolute atomic E-state index is 14.0. The first-order valence-corrected chi connectivity index (χ1v) is 16.6. The van der Waals surface area contributed by atoms with Crippen molar-refractivity contribution in [2.45, 2.75) is 41.7 Å². The van der Waals surface area contributed by atoms with E-state index in [4.69, 9.17) is 9.47 Å². The van der Waals surface area contributed by atoms with Crippen molar-refractivity contribution in [3.05, 3.63) is 114 Å². The molecule has 6 nitrogen and oxygen atoms in total. The Hall–Kier alpha value is -4.40. The second kappa shape index (κ2) is 19.3. The van der Waals surface area contributed by atoms with Gasteiger partial charge in [-0.1, -0.05) is 25.0 Å². The number of benzene rings is 3. The summed E-state index contributed by atoms with van der Waals surface area (Å²) in [5, 5.41) is 2.39. The minimum atomic E-state index is -4.71. The molecule has 0 spiro atoms. The highest BCUT2D eigenvalue weighted by molar-refractivity contribution is 7.99. The lowest BCUT2D eigenvalue weighted by Crippen LogP contribution is -2.16. The molecule has 0 atom stereocenters. The molecule has 0 fully saturated rings. The highest BCUT2D eigenvalue weighted by Crippen LogP contribution is 2.36. The van der Waals surface area contributed by atoms with Crippen molar-refractivity contribution in [2.24, 2.45) is 0 Å². The average molecular weight is 682 g/mol. The first-order chi connectivity index (χ1) is 22.6. The summed E-state index contributed by atoms with van der Waals surface area (Å²) >= 11 is 3.20. The molecule has 0 saturated carbocycles. The van der Waals surface area contributed by atoms with Gasteiger partial charge in [-0.3, -0.25) is 4.79 Å². The summed E-state index contributed by atoms with van der Waals surface area (Å²) < 4.78 is 51.7. The minimum Gasteiger partial charge on any atom is -0.463 e. The molecule has 11 heteroatoms. The lowest BCUT2D eigenvalue weighted by Gasteiger charge is -2.14. The van der Waals surface area contributed by atoms with Gasteiger partial charge < -0.3 is 14.8 Å². The molecule has 0 unspecified atom stereocenters. The molecule has 0 aliphatic rings. The zero-order chi connectivity index (χ0) is 34.1. The summed E-state index contributed by atoms with van der Waals surface area (Å²) in [6.07, 6.45) is 0.649. The number of thioether (sulfide) groups is 2. The number of hydrogen-bond donors (Lipinski definition) is 1. The van der Waals surface area contributed by atoms with Crippen LogP contribution in [0.15, 0.2) is 102 Å². The van der Waals surface area contributed by atoms with Gasteiger partial charge in [0.05, 0.1) is 24.5 Å². The average Bonchev–Trinajstić information content (AvgIpc) is 3.07. The monoisotopic (exact) mass is 681 g/mol. The van der Waals surface area contributed by atoms with E-state index in [1.807, 2.05) is 12.1 Å². The number of amides is 1. The van der Waals surface area contributed by atoms with E-state index in [0.29, 0.717) is 25.2 Å². The fourth-order valence-corrected chi connectivity index (χ4v) is 5.72. The van der Waals surface area contributed by atoms with E-state index < -0.39 is 29.6 Å². The van der Waals surface area contributed by atoms with Crippen LogP contribution in [0.4, 0.5) is 18.9 Å². The first kappa shape index (κ1) is 37.1. The SMILES string of the molecule is C=CC(=O)OCCCCSc1ccc(C#Cc2ccc(NC(=O)c3ccc(SCCCCOC(=O)C=C)cc3)c(C(F)(F)F)c2)cc1. The summed E-state index contributed by atoms with van der Waals surface area (Å²) in [5.41, 5.74) is -0.324. The first-order valence-electron chi connectivity index (χ1n) is 14.7. The highest BCUT2D eigenvalue weighted by atomic mass is 32.2. The molecule has 1 amide bonds. The largest absolute Gasteiger partial charge is 0.463 e. The summed E-state index contributed by atoms with van der Waals surface area (Å²) in [6.45, 7) is 7.35. The number of carbonyl (C=O) groups excluding carboxylic acids is 3. The molecule has 0 aliphatic heterocycles. The van der Waals surface area contributed by atoms with Crippen molar-refractivity contribution in [1.82, 2.24) is 0 Å². The van der Waals surface area contributed by atoms with Crippen LogP contribution < -0.4 is 5.32 Å². The number of anilines is 1. The molecule has 246 valence electrons. The zero-order valence-corrected chi connectivity index (χ0v) is 27.2. The summed E-state index contributed by atoms with van der Waals surface area (Å²) in [7, 11) is 0. The molecule has 0 bridgehead atoms. The number of nitrogens with one attached hydrogen (secondary N) is 1. The molecule has 3 aromatic carbocycles. The Labute approximate surface area is 281 Å². The summed E-state index contributed by atoms with van der Waals surface area (Å²) in [5.74, 6) is 5.73. The van der Waals surface area contributed by atoms with Gasteiger partial charge in [-0.2, -0.15) is 13.2 Å². The Morgan fingerprint density at radius 3 is 1.72 bits per heavy atom. The summed E-state index contributed by atoms with van der Waals surface area (Å²) in [4.78, 5) is 36.8. The van der Waals surface area contributed by atoms with Crippen LogP contribution in [-0.2, 0) is 25.2 Å². The van der Waals surface area contributed by atoms with Crippen LogP contribution in [0.25, 0.3) is 0 Å². The van der Waals surface area contributed by atoms with Crippen LogP contribution >= 0.6 is 23.5 Å². The van der Waals surface area contributed by atoms with Gasteiger partial charge >= 0.3 is 18.1 Å². The molecule has 3 aromatic rings. The number of hydrogen-bond acceptors (Lipinski definition) is 7. The molecule has 0 saturated heterocycles. The lowest BCUT2D eigenvalue weighted by molar-refractivity contribution is -0.138. The lowest BCUT2D eigenvalue weighted by atomic mass is 10.1. The predicted octanol–water partition coefficient (Wildman–Crippen LogP) is 8.56. The number of alkyl halides is 3. The van der Waals surface area contributed by atoms with Crippen LogP contribution in [0.1, 0.15) is 52.7 Å². The number of unbranched alkanes of at least 4 members (excludes halogenated alkanes) is 2. The van der Waals surface area contributed by atoms with Crippen LogP contribution in [-0.4, -0.2) is 42.6 Å². The molecule has 47 heavy (non-hydrogen) atoms. The normalized spacial score (nSPS) is 10.7. The van der Waals surface area contributed by atoms with E-state index in [1.165, 1.54) is 12.1 Å². The van der Waals surface area contributed by atoms with Gasteiger partial charge in [0, 0.05) is 38.6 Å². The molecule has 0 aromatic heterocycles. The molecule has 0 radical (unpaired) electrons. The number of rotatable bonds is 16. The topological polar surface area (TPSA) is 81.7 Å². The fraction of sp³-hybridized carbons (Fsp3) is 0.250. The van der Waals surface area contributed by atoms with Crippen LogP contribution in [0.5, 0.6) is 0 Å². The van der Waals surface area contributed by atoms with Gasteiger partial charge in [0.15, 0.2) is 0 Å². The number of carbonyl (C=O) groups is 3. The molecule has 0 aliphatic carbocycles. The Kier molecular flexibility index (Phi) is 15.2. The van der Waals surface area contributed by atoms with Gasteiger partial charge in [-0.05, 0) is 104 Å². The predicted molar refractivity (Wildman–Crippen MR) is 180 cm³/mol. The Bertz CT molecular complexity index is 1590. The van der Waals surface area contributed by atoms with Crippen LogP contribution in [0.3, 0.4) is 0 Å². The fourth-order valence-electron chi connectivity index (χ4n) is 3.89. The van der Waals surface area contributed by atoms with Crippen molar-refractivity contribution in [1.29, 1.82) is 0 Å². The van der Waals surface area contributed by atoms with Crippen LogP contribution in [0, 0.1) is 11.8 Å². The minimum absolute atomic E-state index is 0.158. The molecule has 0 heterocycles. The van der Waals surface area contributed by atoms with E-state index >= 15 is 0 Å². The number of esters is 2. The number of halogens is 3. The maximum atomic E-state index is 14.0. The van der Waals surface area contributed by atoms with Crippen molar-refractivity contribution >= 4 is 47.1 Å². The number of ether oxygens (including phenoxy) is 2. The summed E-state index contributed by atoms with van der Waals surface area (Å²) in [6, 6.07) is 17.5. The third-order valence-corrected chi connectivity index (χ3v) is 8.53. The van der Waals surface area contributed by atoms with Crippen molar-refractivity contribution in [3.63, 3.8) is 0 Å². The van der Waals surface area contributed by atoms with Crippen molar-refractivity contribution < 1.29 is 37.0 Å². The Morgan fingerprint density at radius 2 is 1.21 bits per heavy atom. The third-order valence-electron chi connectivity index (χ3n) is 6.33. The van der Waals surface area contributed by atoms with Gasteiger partial charge in [0.25, 0.3) is 5.91 Å². The van der Waals surface area contributed by atoms with E-state index in [2.05, 4.69) is 30.3 Å². The van der Waals surface area contributed by atoms with E-state index in [1.54, 1.807) is 59.9 Å². The van der Waals surface area contributed by atoms with E-state index in [-0.39, 0.29) is 16.8 Å². The quantitative estimate of drug-likeness (QED) is 0.0534. The molecule has 3 rings (SSSR count). The van der Waals surface area contributed by atoms with E-state index in [9.17, 15) is 27.6 Å². The zero-order valence-electron chi connectivity index (χ0n) is 25.6. The molecule has 1 N–H and O–H groups in total.